The second-order valence-corrected chi connectivity index (χ2v) is 8.41. The Bertz CT molecular complexity index is 706. The van der Waals surface area contributed by atoms with Gasteiger partial charge in [0.2, 0.25) is 11.9 Å². The molecule has 0 bridgehead atoms. The molecule has 1 aromatic heterocycles. The Balaban J connectivity index is 1.53. The number of nitrogens with zero attached hydrogens (tertiary/aromatic N) is 5. The van der Waals surface area contributed by atoms with Gasteiger partial charge in [0, 0.05) is 58.1 Å². The molecule has 28 heavy (non-hydrogen) atoms. The molecule has 0 saturated carbocycles. The highest BCUT2D eigenvalue weighted by Crippen LogP contribution is 2.41. The Morgan fingerprint density at radius 1 is 1.07 bits per heavy atom. The van der Waals surface area contributed by atoms with Crippen LogP contribution in [0.1, 0.15) is 44.7 Å². The zero-order chi connectivity index (χ0) is 19.6. The number of likely N-dealkylation sites (tertiary alicyclic amines) is 1. The lowest BCUT2D eigenvalue weighted by Gasteiger charge is -2.39. The second kappa shape index (κ2) is 8.23. The van der Waals surface area contributed by atoms with E-state index in [1.54, 1.807) is 7.11 Å². The van der Waals surface area contributed by atoms with Crippen molar-refractivity contribution in [2.75, 3.05) is 62.8 Å². The lowest BCUT2D eigenvalue weighted by atomic mass is 9.78. The van der Waals surface area contributed by atoms with Crippen LogP contribution in [-0.4, -0.2) is 73.8 Å². The van der Waals surface area contributed by atoms with Gasteiger partial charge in [0.25, 0.3) is 0 Å². The van der Waals surface area contributed by atoms with E-state index >= 15 is 0 Å². The van der Waals surface area contributed by atoms with Crippen molar-refractivity contribution in [1.82, 2.24) is 14.9 Å². The van der Waals surface area contributed by atoms with Gasteiger partial charge in [0.15, 0.2) is 0 Å². The van der Waals surface area contributed by atoms with E-state index < -0.39 is 0 Å². The molecule has 154 valence electrons. The molecule has 1 spiro atoms. The summed E-state index contributed by atoms with van der Waals surface area (Å²) in [6.07, 6.45) is 6.31. The fourth-order valence-electron chi connectivity index (χ4n) is 4.88. The molecule has 3 fully saturated rings. The number of hydrogen-bond donors (Lipinski definition) is 0. The van der Waals surface area contributed by atoms with E-state index in [1.807, 2.05) is 4.90 Å². The summed E-state index contributed by atoms with van der Waals surface area (Å²) in [5, 5.41) is 0. The molecule has 1 amide bonds. The molecule has 3 aliphatic heterocycles. The Morgan fingerprint density at radius 2 is 1.89 bits per heavy atom. The first-order valence-electron chi connectivity index (χ1n) is 10.8. The van der Waals surface area contributed by atoms with Crippen LogP contribution in [0.4, 0.5) is 11.8 Å². The van der Waals surface area contributed by atoms with Crippen LogP contribution in [0.3, 0.4) is 0 Å². The molecule has 0 unspecified atom stereocenters. The number of carbonyl (C=O) groups is 1. The molecule has 4 heterocycles. The van der Waals surface area contributed by atoms with Crippen LogP contribution in [0.15, 0.2) is 6.07 Å². The molecular weight excluding hydrogens is 354 g/mol. The summed E-state index contributed by atoms with van der Waals surface area (Å²) < 4.78 is 5.20. The highest BCUT2D eigenvalue weighted by atomic mass is 16.5. The summed E-state index contributed by atoms with van der Waals surface area (Å²) in [5.74, 6) is 2.17. The van der Waals surface area contributed by atoms with E-state index in [1.165, 1.54) is 12.8 Å². The van der Waals surface area contributed by atoms with Crippen molar-refractivity contribution < 1.29 is 9.53 Å². The van der Waals surface area contributed by atoms with Crippen LogP contribution in [0.25, 0.3) is 0 Å². The molecular formula is C21H33N5O2. The first kappa shape index (κ1) is 19.4. The number of rotatable bonds is 6. The average Bonchev–Trinajstić information content (AvgIpc) is 3.40. The molecule has 0 N–H and O–H groups in total. The van der Waals surface area contributed by atoms with Crippen molar-refractivity contribution in [3.8, 4) is 0 Å². The van der Waals surface area contributed by atoms with Crippen LogP contribution in [-0.2, 0) is 16.0 Å². The summed E-state index contributed by atoms with van der Waals surface area (Å²) >= 11 is 0. The first-order valence-corrected chi connectivity index (χ1v) is 10.8. The minimum atomic E-state index is -0.253. The molecule has 3 aliphatic rings. The molecule has 0 aromatic carbocycles. The van der Waals surface area contributed by atoms with Gasteiger partial charge < -0.3 is 19.4 Å². The first-order chi connectivity index (χ1) is 13.6. The third-order valence-electron chi connectivity index (χ3n) is 6.57. The number of aryl methyl sites for hydroxylation is 1. The van der Waals surface area contributed by atoms with Gasteiger partial charge in [-0.15, -0.1) is 0 Å². The Morgan fingerprint density at radius 3 is 2.64 bits per heavy atom. The van der Waals surface area contributed by atoms with Gasteiger partial charge >= 0.3 is 0 Å². The predicted molar refractivity (Wildman–Crippen MR) is 110 cm³/mol. The Labute approximate surface area is 168 Å². The van der Waals surface area contributed by atoms with Gasteiger partial charge in [-0.05, 0) is 38.5 Å². The number of anilines is 2. The van der Waals surface area contributed by atoms with Gasteiger partial charge in [-0.25, -0.2) is 4.98 Å². The zero-order valence-electron chi connectivity index (χ0n) is 17.3. The second-order valence-electron chi connectivity index (χ2n) is 8.41. The van der Waals surface area contributed by atoms with Crippen LogP contribution in [0.5, 0.6) is 0 Å². The molecule has 1 atom stereocenters. The molecule has 4 rings (SSSR count). The summed E-state index contributed by atoms with van der Waals surface area (Å²) in [7, 11) is 1.69. The van der Waals surface area contributed by atoms with E-state index in [0.29, 0.717) is 19.1 Å². The van der Waals surface area contributed by atoms with Crippen molar-refractivity contribution in [2.24, 2.45) is 5.41 Å². The fraction of sp³-hybridized carbons (Fsp3) is 0.762. The predicted octanol–water partition coefficient (Wildman–Crippen LogP) is 2.10. The zero-order valence-corrected chi connectivity index (χ0v) is 17.3. The maximum absolute atomic E-state index is 13.2. The third kappa shape index (κ3) is 3.69. The third-order valence-corrected chi connectivity index (χ3v) is 6.57. The highest BCUT2D eigenvalue weighted by molar-refractivity contribution is 5.85. The summed E-state index contributed by atoms with van der Waals surface area (Å²) in [6, 6.07) is 2.12. The smallest absolute Gasteiger partial charge is 0.230 e. The number of carbonyl (C=O) groups excluding carboxylic acids is 1. The Hall–Kier alpha value is -1.89. The van der Waals surface area contributed by atoms with Crippen molar-refractivity contribution in [1.29, 1.82) is 0 Å². The molecule has 1 aromatic rings. The Kier molecular flexibility index (Phi) is 5.71. The minimum Gasteiger partial charge on any atom is -0.383 e. The van der Waals surface area contributed by atoms with Crippen molar-refractivity contribution in [3.63, 3.8) is 0 Å². The van der Waals surface area contributed by atoms with Gasteiger partial charge in [-0.2, -0.15) is 4.98 Å². The lowest BCUT2D eigenvalue weighted by molar-refractivity contribution is -0.145. The number of hydrogen-bond acceptors (Lipinski definition) is 6. The largest absolute Gasteiger partial charge is 0.383 e. The normalized spacial score (nSPS) is 25.4. The number of amides is 1. The monoisotopic (exact) mass is 387 g/mol. The molecule has 3 saturated heterocycles. The van der Waals surface area contributed by atoms with E-state index in [9.17, 15) is 4.79 Å². The standard InChI is InChI=1S/C21H33N5O2/c1-3-17-15-18(23-20(22-17)25-9-4-5-10-25)26-12-8-21(16-26)7-6-11-24(19(21)27)13-14-28-2/h15H,3-14,16H2,1-2H3/t21-/m1/s1. The van der Waals surface area contributed by atoms with E-state index in [4.69, 9.17) is 14.7 Å². The number of piperidine rings is 1. The number of aromatic nitrogens is 2. The van der Waals surface area contributed by atoms with Crippen molar-refractivity contribution in [3.05, 3.63) is 11.8 Å². The molecule has 0 radical (unpaired) electrons. The van der Waals surface area contributed by atoms with Crippen LogP contribution in [0, 0.1) is 5.41 Å². The van der Waals surface area contributed by atoms with E-state index in [0.717, 1.165) is 75.9 Å². The highest BCUT2D eigenvalue weighted by Gasteiger charge is 2.48. The van der Waals surface area contributed by atoms with E-state index in [-0.39, 0.29) is 5.41 Å². The minimum absolute atomic E-state index is 0.253. The van der Waals surface area contributed by atoms with Crippen LogP contribution >= 0.6 is 0 Å². The molecule has 7 nitrogen and oxygen atoms in total. The van der Waals surface area contributed by atoms with Crippen LogP contribution < -0.4 is 9.80 Å². The van der Waals surface area contributed by atoms with Gasteiger partial charge in [-0.3, -0.25) is 4.79 Å². The number of ether oxygens (including phenoxy) is 1. The van der Waals surface area contributed by atoms with Gasteiger partial charge in [0.1, 0.15) is 5.82 Å². The maximum atomic E-state index is 13.2. The SMILES string of the molecule is CCc1cc(N2CC[C@]3(CCCN(CCOC)C3=O)C2)nc(N2CCCC2)n1. The van der Waals surface area contributed by atoms with Crippen LogP contribution in [0.2, 0.25) is 0 Å². The van der Waals surface area contributed by atoms with Crippen molar-refractivity contribution >= 4 is 17.7 Å². The fourth-order valence-corrected chi connectivity index (χ4v) is 4.88. The topological polar surface area (TPSA) is 61.8 Å². The quantitative estimate of drug-likeness (QED) is 0.745. The average molecular weight is 388 g/mol. The van der Waals surface area contributed by atoms with Crippen molar-refractivity contribution in [2.45, 2.75) is 45.4 Å². The lowest BCUT2D eigenvalue weighted by Crippen LogP contribution is -2.51. The summed E-state index contributed by atoms with van der Waals surface area (Å²) in [4.78, 5) is 29.5. The van der Waals surface area contributed by atoms with Gasteiger partial charge in [-0.1, -0.05) is 6.92 Å². The summed E-state index contributed by atoms with van der Waals surface area (Å²) in [6.45, 7) is 8.06. The van der Waals surface area contributed by atoms with E-state index in [2.05, 4.69) is 22.8 Å². The summed E-state index contributed by atoms with van der Waals surface area (Å²) in [5.41, 5.74) is 0.835. The number of methoxy groups -OCH3 is 1. The molecule has 7 heteroatoms. The van der Waals surface area contributed by atoms with Gasteiger partial charge in [0.05, 0.1) is 12.0 Å². The maximum Gasteiger partial charge on any atom is 0.230 e. The molecule has 0 aliphatic carbocycles.